The summed E-state index contributed by atoms with van der Waals surface area (Å²) in [5.41, 5.74) is -1.19. The molecule has 0 atom stereocenters. The lowest BCUT2D eigenvalue weighted by Gasteiger charge is -2.22. The first-order valence-corrected chi connectivity index (χ1v) is 11.8. The summed E-state index contributed by atoms with van der Waals surface area (Å²) < 4.78 is 73.2. The molecule has 0 saturated heterocycles. The number of hydrogen-bond acceptors (Lipinski definition) is 7. The van der Waals surface area contributed by atoms with Gasteiger partial charge in [-0.15, -0.1) is 0 Å². The zero-order chi connectivity index (χ0) is 23.2. The Labute approximate surface area is 198 Å². The third-order valence-electron chi connectivity index (χ3n) is 3.87. The van der Waals surface area contributed by atoms with Crippen LogP contribution in [0.1, 0.15) is 24.2 Å². The van der Waals surface area contributed by atoms with Crippen LogP contribution in [0, 0.1) is 0 Å². The summed E-state index contributed by atoms with van der Waals surface area (Å²) in [7, 11) is 0. The van der Waals surface area contributed by atoms with Gasteiger partial charge in [0.05, 0.1) is 90.9 Å². The topological polar surface area (TPSA) is 38.3 Å². The molecule has 31 heavy (non-hydrogen) atoms. The summed E-state index contributed by atoms with van der Waals surface area (Å²) in [6.07, 6.45) is 1.56. The van der Waals surface area contributed by atoms with Gasteiger partial charge in [0.15, 0.2) is 0 Å². The summed E-state index contributed by atoms with van der Waals surface area (Å²) in [6.45, 7) is 7.15. The highest BCUT2D eigenvalue weighted by molar-refractivity contribution is 8.00. The molecule has 2 aromatic carbocycles. The number of nitrogens with one attached hydrogen (secondary N) is 1. The van der Waals surface area contributed by atoms with Crippen molar-refractivity contribution in [2.75, 3.05) is 5.32 Å². The molecule has 13 heteroatoms. The van der Waals surface area contributed by atoms with Gasteiger partial charge in [-0.05, 0) is 38.1 Å². The Hall–Kier alpha value is -1.15. The minimum atomic E-state index is -0.822. The molecule has 1 N–H and O–H groups in total. The van der Waals surface area contributed by atoms with Crippen molar-refractivity contribution in [1.82, 2.24) is 0 Å². The molecule has 0 aliphatic carbocycles. The molecule has 0 aromatic heterocycles. The maximum absolute atomic E-state index is 13.6. The van der Waals surface area contributed by atoms with Crippen LogP contribution in [-0.4, -0.2) is 11.5 Å². The predicted molar refractivity (Wildman–Crippen MR) is 121 cm³/mol. The maximum Gasteiger partial charge on any atom is 0.255 e. The molecule has 1 amide bonds. The Kier molecular flexibility index (Phi) is 9.80. The van der Waals surface area contributed by atoms with Gasteiger partial charge in [-0.3, -0.25) is 4.79 Å². The van der Waals surface area contributed by atoms with Crippen LogP contribution < -0.4 is 10.1 Å². The molecular formula is C18H14F5NO2S5. The van der Waals surface area contributed by atoms with E-state index in [4.69, 9.17) is 4.74 Å². The Bertz CT molecular complexity index is 944. The quantitative estimate of drug-likeness (QED) is 0.242. The van der Waals surface area contributed by atoms with Gasteiger partial charge >= 0.3 is 0 Å². The normalized spacial score (nSPS) is 11.3. The van der Waals surface area contributed by atoms with Crippen LogP contribution in [0.15, 0.2) is 61.4 Å². The third kappa shape index (κ3) is 6.01. The van der Waals surface area contributed by atoms with Gasteiger partial charge in [0.2, 0.25) is 0 Å². The van der Waals surface area contributed by atoms with Crippen molar-refractivity contribution in [3.05, 3.63) is 42.5 Å². The van der Waals surface area contributed by atoms with Crippen LogP contribution in [0.5, 0.6) is 5.75 Å². The molecule has 2 rings (SSSR count). The Morgan fingerprint density at radius 2 is 1.42 bits per heavy atom. The average molecular weight is 532 g/mol. The van der Waals surface area contributed by atoms with Gasteiger partial charge in [0.25, 0.3) is 5.91 Å². The van der Waals surface area contributed by atoms with Crippen LogP contribution in [0.3, 0.4) is 0 Å². The summed E-state index contributed by atoms with van der Waals surface area (Å²) in [6, 6.07) is 5.91. The van der Waals surface area contributed by atoms with E-state index in [1.165, 1.54) is 18.2 Å². The summed E-state index contributed by atoms with van der Waals surface area (Å²) in [5.74, 6) is -0.500. The standard InChI is InChI=1S/C18H14F5NO2S5/c1-4-18(2,3)26-10-7-5-6-9(8-10)17(25)24-11-12(27-19)14(29-21)16(31-23)15(30-22)13(11)28-20/h4-8H,1H2,2-3H3,(H,24,25). The molecule has 0 aliphatic heterocycles. The molecular weight excluding hydrogens is 518 g/mol. The number of ether oxygens (including phenoxy) is 1. The Balaban J connectivity index is 2.53. The number of anilines is 1. The summed E-state index contributed by atoms with van der Waals surface area (Å²) in [5, 5.41) is 2.27. The molecule has 0 saturated carbocycles. The van der Waals surface area contributed by atoms with Gasteiger partial charge in [-0.25, -0.2) is 0 Å². The fraction of sp³-hybridized carbons (Fsp3) is 0.167. The van der Waals surface area contributed by atoms with Crippen LogP contribution in [0.25, 0.3) is 0 Å². The lowest BCUT2D eigenvalue weighted by atomic mass is 10.1. The van der Waals surface area contributed by atoms with Crippen molar-refractivity contribution < 1.29 is 29.0 Å². The second-order valence-corrected chi connectivity index (χ2v) is 9.11. The van der Waals surface area contributed by atoms with E-state index in [1.54, 1.807) is 26.0 Å². The molecule has 0 unspecified atom stereocenters. The lowest BCUT2D eigenvalue weighted by molar-refractivity contribution is 0.102. The van der Waals surface area contributed by atoms with E-state index < -0.39 is 102 Å². The van der Waals surface area contributed by atoms with Gasteiger partial charge in [0.1, 0.15) is 11.4 Å². The molecule has 0 radical (unpaired) electrons. The van der Waals surface area contributed by atoms with Crippen molar-refractivity contribution in [1.29, 1.82) is 0 Å². The minimum Gasteiger partial charge on any atom is -0.484 e. The molecule has 0 fully saturated rings. The van der Waals surface area contributed by atoms with E-state index in [0.29, 0.717) is 5.75 Å². The number of amides is 1. The lowest BCUT2D eigenvalue weighted by Crippen LogP contribution is -2.24. The first-order chi connectivity index (χ1) is 14.8. The van der Waals surface area contributed by atoms with Gasteiger partial charge < -0.3 is 10.1 Å². The van der Waals surface area contributed by atoms with Crippen LogP contribution in [0.4, 0.5) is 25.1 Å². The fourth-order valence-electron chi connectivity index (χ4n) is 2.34. The molecule has 168 valence electrons. The number of rotatable bonds is 10. The van der Waals surface area contributed by atoms with E-state index in [-0.39, 0.29) is 5.56 Å². The highest BCUT2D eigenvalue weighted by Crippen LogP contribution is 2.54. The smallest absolute Gasteiger partial charge is 0.255 e. The zero-order valence-corrected chi connectivity index (χ0v) is 19.9. The van der Waals surface area contributed by atoms with Crippen LogP contribution in [0.2, 0.25) is 0 Å². The number of carbonyl (C=O) groups is 1. The Morgan fingerprint density at radius 1 is 0.935 bits per heavy atom. The SMILES string of the molecule is C=CC(C)(C)Oc1cccc(C(=O)Nc2c(SF)c(SF)c(SF)c(SF)c2SF)c1. The average Bonchev–Trinajstić information content (AvgIpc) is 2.77. The van der Waals surface area contributed by atoms with Crippen LogP contribution >= 0.6 is 60.7 Å². The van der Waals surface area contributed by atoms with Gasteiger partial charge in [0, 0.05) is 5.56 Å². The first-order valence-electron chi connectivity index (χ1n) is 8.17. The molecule has 3 nitrogen and oxygen atoms in total. The summed E-state index contributed by atoms with van der Waals surface area (Å²) in [4.78, 5) is 9.74. The zero-order valence-electron chi connectivity index (χ0n) is 15.8. The fourth-order valence-corrected chi connectivity index (χ4v) is 5.19. The number of hydrogen-bond donors (Lipinski definition) is 1. The summed E-state index contributed by atoms with van der Waals surface area (Å²) >= 11 is -2.70. The molecule has 0 spiro atoms. The molecule has 0 heterocycles. The van der Waals surface area contributed by atoms with Gasteiger partial charge in [-0.2, -0.15) is 19.4 Å². The highest BCUT2D eigenvalue weighted by atomic mass is 32.2. The van der Waals surface area contributed by atoms with E-state index >= 15 is 0 Å². The second kappa shape index (κ2) is 11.6. The number of carbonyl (C=O) groups excluding carboxylic acids is 1. The van der Waals surface area contributed by atoms with Crippen molar-refractivity contribution in [3.8, 4) is 5.75 Å². The van der Waals surface area contributed by atoms with Crippen molar-refractivity contribution >= 4 is 72.3 Å². The highest BCUT2D eigenvalue weighted by Gasteiger charge is 2.29. The van der Waals surface area contributed by atoms with E-state index in [9.17, 15) is 24.2 Å². The minimum absolute atomic E-state index is 0.0508. The van der Waals surface area contributed by atoms with E-state index in [0.717, 1.165) is 0 Å². The number of halogens is 5. The molecule has 0 bridgehead atoms. The van der Waals surface area contributed by atoms with Crippen molar-refractivity contribution in [2.45, 2.75) is 43.9 Å². The van der Waals surface area contributed by atoms with Gasteiger partial charge in [-0.1, -0.05) is 12.6 Å². The molecule has 2 aromatic rings. The predicted octanol–water partition coefficient (Wildman–Crippen LogP) is 9.17. The maximum atomic E-state index is 13.6. The van der Waals surface area contributed by atoms with E-state index in [1.807, 2.05) is 0 Å². The van der Waals surface area contributed by atoms with Crippen LogP contribution in [-0.2, 0) is 0 Å². The third-order valence-corrected chi connectivity index (χ3v) is 7.20. The number of benzene rings is 2. The first kappa shape index (κ1) is 26.1. The monoisotopic (exact) mass is 531 g/mol. The molecule has 0 aliphatic rings. The Morgan fingerprint density at radius 3 is 1.87 bits per heavy atom. The van der Waals surface area contributed by atoms with E-state index in [2.05, 4.69) is 11.9 Å². The largest absolute Gasteiger partial charge is 0.484 e. The van der Waals surface area contributed by atoms with Crippen molar-refractivity contribution in [3.63, 3.8) is 0 Å². The second-order valence-electron chi connectivity index (χ2n) is 6.30. The van der Waals surface area contributed by atoms with Crippen molar-refractivity contribution in [2.24, 2.45) is 0 Å².